The van der Waals surface area contributed by atoms with Crippen LogP contribution in [-0.2, 0) is 6.42 Å². The smallest absolute Gasteiger partial charge is 0.286 e. The number of halogens is 28. The SMILES string of the molecule is C/N=C(/c1cc2c(c(/C(=N/C)C(F)(F)C(F)(F)C(F)(F)F)c1)-c1cc(/C(=N/C)C(F)(F)C(F)(F)C(F)(F)F)cc(/C(=N/C)C(F)(F)C(F)(F)C(F)(F)F)c1C2)C(F)(F)C(F)(F)C(F)(F)F. The molecular weight excluding hydrogens is 984 g/mol. The van der Waals surface area contributed by atoms with Crippen LogP contribution in [0.5, 0.6) is 0 Å². The van der Waals surface area contributed by atoms with E-state index in [1.165, 1.54) is 0 Å². The van der Waals surface area contributed by atoms with Crippen molar-refractivity contribution in [2.45, 2.75) is 78.5 Å². The number of rotatable bonds is 12. The average molecular weight is 1000 g/mol. The summed E-state index contributed by atoms with van der Waals surface area (Å²) >= 11 is 0. The summed E-state index contributed by atoms with van der Waals surface area (Å²) in [4.78, 5) is 9.91. The van der Waals surface area contributed by atoms with Gasteiger partial charge in [0.25, 0.3) is 0 Å². The highest BCUT2D eigenvalue weighted by molar-refractivity contribution is 6.18. The molecule has 0 aliphatic heterocycles. The zero-order valence-corrected chi connectivity index (χ0v) is 31.4. The van der Waals surface area contributed by atoms with Crippen LogP contribution >= 0.6 is 0 Å². The maximum absolute atomic E-state index is 15.5. The molecule has 0 N–H and O–H groups in total. The molecule has 3 rings (SSSR count). The second kappa shape index (κ2) is 15.9. The van der Waals surface area contributed by atoms with Crippen LogP contribution in [0.4, 0.5) is 123 Å². The highest BCUT2D eigenvalue weighted by Gasteiger charge is 2.78. The van der Waals surface area contributed by atoms with Crippen molar-refractivity contribution in [1.82, 2.24) is 0 Å². The van der Waals surface area contributed by atoms with Crippen LogP contribution in [0.3, 0.4) is 0 Å². The van der Waals surface area contributed by atoms with Gasteiger partial charge in [-0.3, -0.25) is 20.0 Å². The second-order valence-electron chi connectivity index (χ2n) is 13.2. The van der Waals surface area contributed by atoms with E-state index in [0.29, 0.717) is 0 Å². The molecule has 0 spiro atoms. The molecule has 0 amide bonds. The van der Waals surface area contributed by atoms with Crippen molar-refractivity contribution in [3.8, 4) is 11.1 Å². The number of aliphatic imine (C=N–C) groups is 4. The van der Waals surface area contributed by atoms with Gasteiger partial charge in [-0.1, -0.05) is 0 Å². The molecule has 2 aromatic rings. The van der Waals surface area contributed by atoms with E-state index in [1.807, 2.05) is 0 Å². The van der Waals surface area contributed by atoms with Crippen molar-refractivity contribution in [1.29, 1.82) is 0 Å². The first-order chi connectivity index (χ1) is 28.7. The van der Waals surface area contributed by atoms with Crippen LogP contribution < -0.4 is 0 Å². The van der Waals surface area contributed by atoms with Gasteiger partial charge < -0.3 is 0 Å². The Labute approximate surface area is 341 Å². The molecule has 0 aromatic heterocycles. The molecule has 366 valence electrons. The first-order valence-electron chi connectivity index (χ1n) is 16.2. The minimum atomic E-state index is -7.46. The normalized spacial score (nSPS) is 16.6. The van der Waals surface area contributed by atoms with Crippen LogP contribution in [0.1, 0.15) is 33.4 Å². The van der Waals surface area contributed by atoms with Crippen LogP contribution in [0, 0.1) is 0 Å². The zero-order chi connectivity index (χ0) is 51.3. The highest BCUT2D eigenvalue weighted by atomic mass is 19.5. The largest absolute Gasteiger partial charge is 0.460 e. The third kappa shape index (κ3) is 8.03. The van der Waals surface area contributed by atoms with Crippen molar-refractivity contribution >= 4 is 22.8 Å². The van der Waals surface area contributed by atoms with E-state index in [0.717, 1.165) is 0 Å². The zero-order valence-electron chi connectivity index (χ0n) is 31.4. The molecular formula is C33H18F28N4. The number of benzene rings is 2. The van der Waals surface area contributed by atoms with Crippen molar-refractivity contribution in [2.75, 3.05) is 28.2 Å². The molecule has 0 saturated heterocycles. The Balaban J connectivity index is 2.83. The van der Waals surface area contributed by atoms with Gasteiger partial charge in [-0.05, 0) is 52.9 Å². The summed E-state index contributed by atoms with van der Waals surface area (Å²) in [5.74, 6) is -57.0. The molecule has 0 saturated carbocycles. The minimum absolute atomic E-state index is 0.0572. The van der Waals surface area contributed by atoms with Gasteiger partial charge in [-0.15, -0.1) is 0 Å². The maximum atomic E-state index is 15.5. The van der Waals surface area contributed by atoms with Crippen molar-refractivity contribution in [2.24, 2.45) is 20.0 Å². The van der Waals surface area contributed by atoms with Gasteiger partial charge in [-0.2, -0.15) is 123 Å². The molecule has 2 aromatic carbocycles. The van der Waals surface area contributed by atoms with Gasteiger partial charge in [0.15, 0.2) is 0 Å². The number of nitrogens with zero attached hydrogens (tertiary/aromatic N) is 4. The lowest BCUT2D eigenvalue weighted by Gasteiger charge is -2.32. The van der Waals surface area contributed by atoms with Gasteiger partial charge in [0, 0.05) is 50.4 Å². The molecule has 0 heterocycles. The van der Waals surface area contributed by atoms with E-state index in [2.05, 4.69) is 20.0 Å². The fourth-order valence-corrected chi connectivity index (χ4v) is 6.18. The van der Waals surface area contributed by atoms with Crippen LogP contribution in [-0.4, -0.2) is 123 Å². The summed E-state index contributed by atoms with van der Waals surface area (Å²) in [5.41, 5.74) is -28.2. The Morgan fingerprint density at radius 3 is 0.908 bits per heavy atom. The summed E-state index contributed by atoms with van der Waals surface area (Å²) in [6, 6.07) is -2.04. The fraction of sp³-hybridized carbons (Fsp3) is 0.515. The van der Waals surface area contributed by atoms with Crippen LogP contribution in [0.2, 0.25) is 0 Å². The topological polar surface area (TPSA) is 49.4 Å². The Morgan fingerprint density at radius 2 is 0.615 bits per heavy atom. The molecule has 0 bridgehead atoms. The molecule has 1 aliphatic carbocycles. The predicted octanol–water partition coefficient (Wildman–Crippen LogP) is 12.3. The van der Waals surface area contributed by atoms with Gasteiger partial charge in [0.1, 0.15) is 22.8 Å². The van der Waals surface area contributed by atoms with Crippen LogP contribution in [0.25, 0.3) is 11.1 Å². The molecule has 0 atom stereocenters. The number of hydrogen-bond donors (Lipinski definition) is 0. The Kier molecular flexibility index (Phi) is 13.3. The average Bonchev–Trinajstić information content (AvgIpc) is 3.49. The number of fused-ring (bicyclic) bond motifs is 3. The van der Waals surface area contributed by atoms with Gasteiger partial charge in [-0.25, -0.2) is 0 Å². The number of alkyl halides is 28. The summed E-state index contributed by atoms with van der Waals surface area (Å²) in [6.45, 7) is 0. The van der Waals surface area contributed by atoms with E-state index in [9.17, 15) is 87.8 Å². The molecule has 0 radical (unpaired) electrons. The lowest BCUT2D eigenvalue weighted by atomic mass is 9.85. The standard InChI is InChI=1S/C33H18F28N4/c1-62-18(22(34,35)26(42,43)30(50,51)52)11-5-10-6-13-14(17(10)16(9-11)21(65-4)25(40,41)29(48,49)33(59,60)61)7-12(19(63-2)23(36,37)27(44,45)31(53,54)55)8-15(13)20(64-3)24(38,39)28(46,47)32(56,57)58/h5,7-9H,6H2,1-4H3/b62-18-,63-19-,64-20-,65-21-. The Morgan fingerprint density at radius 1 is 0.354 bits per heavy atom. The summed E-state index contributed by atoms with van der Waals surface area (Å²) in [7, 11) is -0.426. The fourth-order valence-electron chi connectivity index (χ4n) is 6.18. The summed E-state index contributed by atoms with van der Waals surface area (Å²) < 4.78 is 398. The molecule has 32 heteroatoms. The van der Waals surface area contributed by atoms with Crippen molar-refractivity contribution < 1.29 is 123 Å². The van der Waals surface area contributed by atoms with E-state index in [1.54, 1.807) is 0 Å². The molecule has 1 aliphatic rings. The highest BCUT2D eigenvalue weighted by Crippen LogP contribution is 2.55. The maximum Gasteiger partial charge on any atom is 0.460 e. The first kappa shape index (κ1) is 54.5. The van der Waals surface area contributed by atoms with Gasteiger partial charge >= 0.3 is 72.1 Å². The van der Waals surface area contributed by atoms with Gasteiger partial charge in [0.05, 0.1) is 0 Å². The van der Waals surface area contributed by atoms with Crippen LogP contribution in [0.15, 0.2) is 44.2 Å². The van der Waals surface area contributed by atoms with E-state index < -0.39 is 164 Å². The predicted molar refractivity (Wildman–Crippen MR) is 168 cm³/mol. The molecule has 4 nitrogen and oxygen atoms in total. The van der Waals surface area contributed by atoms with Gasteiger partial charge in [0.2, 0.25) is 0 Å². The lowest BCUT2D eigenvalue weighted by Crippen LogP contribution is -2.57. The monoisotopic (exact) mass is 1000 g/mol. The first-order valence-corrected chi connectivity index (χ1v) is 16.2. The minimum Gasteiger partial charge on any atom is -0.286 e. The molecule has 0 unspecified atom stereocenters. The Bertz CT molecular complexity index is 2300. The molecule has 0 fully saturated rings. The third-order valence-electron chi connectivity index (χ3n) is 9.25. The van der Waals surface area contributed by atoms with E-state index >= 15 is 35.1 Å². The third-order valence-corrected chi connectivity index (χ3v) is 9.25. The lowest BCUT2D eigenvalue weighted by molar-refractivity contribution is -0.336. The van der Waals surface area contributed by atoms with Crippen molar-refractivity contribution in [3.05, 3.63) is 57.6 Å². The molecule has 65 heavy (non-hydrogen) atoms. The second-order valence-corrected chi connectivity index (χ2v) is 13.2. The Hall–Kier alpha value is -4.84. The summed E-state index contributed by atoms with van der Waals surface area (Å²) in [6.07, 6.45) is -31.3. The van der Waals surface area contributed by atoms with E-state index in [4.69, 9.17) is 0 Å². The summed E-state index contributed by atoms with van der Waals surface area (Å²) in [5, 5.41) is 0. The quantitative estimate of drug-likeness (QED) is 0.128. The van der Waals surface area contributed by atoms with Crippen molar-refractivity contribution in [3.63, 3.8) is 0 Å². The van der Waals surface area contributed by atoms with E-state index in [-0.39, 0.29) is 34.3 Å². The number of hydrogen-bond acceptors (Lipinski definition) is 4.